The van der Waals surface area contributed by atoms with Crippen LogP contribution in [0.4, 0.5) is 11.4 Å². The molecule has 4 aliphatic rings. The molecule has 2 heterocycles. The van der Waals surface area contributed by atoms with Crippen LogP contribution in [0.25, 0.3) is 0 Å². The summed E-state index contributed by atoms with van der Waals surface area (Å²) in [6.45, 7) is 4.46. The minimum absolute atomic E-state index is 0. The van der Waals surface area contributed by atoms with Crippen LogP contribution in [0.15, 0.2) is 58.3 Å². The van der Waals surface area contributed by atoms with Gasteiger partial charge in [-0.1, -0.05) is 47.8 Å². The van der Waals surface area contributed by atoms with E-state index < -0.39 is 0 Å². The van der Waals surface area contributed by atoms with Crippen molar-refractivity contribution in [1.82, 2.24) is 0 Å². The Morgan fingerprint density at radius 2 is 0.909 bits per heavy atom. The third kappa shape index (κ3) is 6.16. The molecule has 2 atom stereocenters. The van der Waals surface area contributed by atoms with Crippen LogP contribution < -0.4 is 35.4 Å². The first-order chi connectivity index (χ1) is 14.6. The molecule has 2 fully saturated rings. The molecule has 172 valence electrons. The maximum atomic E-state index is 3.58. The van der Waals surface area contributed by atoms with Gasteiger partial charge in [0.25, 0.3) is 0 Å². The standard InChI is InChI=1S/2C13H12NS.2ClH.Fe/c2*1-13(10-6-2-3-7-10)14-11-8-4-5-9-12(11)15-13;;;/h2*2-9,14H,1H3;2*1H;/q;;;;+2/p-2. The number of fused-ring (bicyclic) bond motifs is 2. The van der Waals surface area contributed by atoms with Gasteiger partial charge in [-0.3, -0.25) is 0 Å². The fraction of sp³-hybridized carbons (Fsp3) is 0.154. The Hall–Kier alpha value is -0.161. The molecule has 2 unspecified atom stereocenters. The predicted molar refractivity (Wildman–Crippen MR) is 130 cm³/mol. The quantitative estimate of drug-likeness (QED) is 0.533. The smallest absolute Gasteiger partial charge is 1.00 e. The number of hydrogen-bond acceptors (Lipinski definition) is 4. The summed E-state index contributed by atoms with van der Waals surface area (Å²) in [6, 6.07) is 16.9. The second kappa shape index (κ2) is 12.2. The summed E-state index contributed by atoms with van der Waals surface area (Å²) in [5.41, 5.74) is 2.48. The molecule has 2 aliphatic heterocycles. The topological polar surface area (TPSA) is 24.1 Å². The predicted octanol–water partition coefficient (Wildman–Crippen LogP) is 0.657. The molecule has 2 nitrogen and oxygen atoms in total. The van der Waals surface area contributed by atoms with Gasteiger partial charge in [0, 0.05) is 33.0 Å². The van der Waals surface area contributed by atoms with E-state index in [0.29, 0.717) is 0 Å². The van der Waals surface area contributed by atoms with Crippen molar-refractivity contribution in [3.63, 3.8) is 0 Å². The van der Waals surface area contributed by atoms with Gasteiger partial charge in [0.05, 0.1) is 9.74 Å². The van der Waals surface area contributed by atoms with E-state index in [9.17, 15) is 0 Å². The number of anilines is 2. The SMILES string of the molecule is CC1([C]2[CH][CH][CH][CH]2)Nc2ccccc2S1.CC1([C]2[CH][CH][CH][CH]2)Nc2ccccc2S1.[Cl-].[Cl-].[Fe+2]. The molecule has 0 amide bonds. The van der Waals surface area contributed by atoms with Crippen molar-refractivity contribution < 1.29 is 41.9 Å². The number of halogens is 2. The molecule has 6 rings (SSSR count). The van der Waals surface area contributed by atoms with Crippen LogP contribution in [-0.2, 0) is 17.1 Å². The maximum Gasteiger partial charge on any atom is 2.00 e. The third-order valence-corrected chi connectivity index (χ3v) is 8.22. The average molecular weight is 555 g/mol. The fourth-order valence-electron chi connectivity index (χ4n) is 3.97. The summed E-state index contributed by atoms with van der Waals surface area (Å²) in [6.07, 6.45) is 17.0. The molecular weight excluding hydrogens is 531 g/mol. The van der Waals surface area contributed by atoms with Gasteiger partial charge in [-0.05, 0) is 89.5 Å². The van der Waals surface area contributed by atoms with Crippen molar-refractivity contribution in [2.45, 2.75) is 33.4 Å². The van der Waals surface area contributed by atoms with Gasteiger partial charge in [0.15, 0.2) is 0 Å². The van der Waals surface area contributed by atoms with E-state index in [4.69, 9.17) is 0 Å². The van der Waals surface area contributed by atoms with Gasteiger partial charge in [-0.15, -0.1) is 0 Å². The zero-order valence-electron chi connectivity index (χ0n) is 18.2. The molecule has 0 spiro atoms. The van der Waals surface area contributed by atoms with Crippen LogP contribution in [0.3, 0.4) is 0 Å². The van der Waals surface area contributed by atoms with E-state index in [1.54, 1.807) is 0 Å². The number of benzene rings is 2. The van der Waals surface area contributed by atoms with Crippen LogP contribution >= 0.6 is 23.5 Å². The summed E-state index contributed by atoms with van der Waals surface area (Å²) >= 11 is 3.77. The van der Waals surface area contributed by atoms with Crippen LogP contribution in [0.5, 0.6) is 0 Å². The van der Waals surface area contributed by atoms with Gasteiger partial charge in [0.1, 0.15) is 0 Å². The molecule has 10 radical (unpaired) electrons. The van der Waals surface area contributed by atoms with E-state index in [-0.39, 0.29) is 51.6 Å². The molecule has 2 saturated carbocycles. The molecule has 7 heteroatoms. The van der Waals surface area contributed by atoms with E-state index in [2.05, 4.69) is 124 Å². The Bertz CT molecular complexity index is 778. The summed E-state index contributed by atoms with van der Waals surface area (Å²) in [7, 11) is 0. The summed E-state index contributed by atoms with van der Waals surface area (Å²) in [4.78, 5) is 2.66. The molecule has 0 bridgehead atoms. The number of hydrogen-bond donors (Lipinski definition) is 2. The van der Waals surface area contributed by atoms with E-state index >= 15 is 0 Å². The third-order valence-electron chi connectivity index (χ3n) is 5.58. The van der Waals surface area contributed by atoms with Gasteiger partial charge in [-0.2, -0.15) is 0 Å². The number of para-hydroxylation sites is 2. The van der Waals surface area contributed by atoms with Crippen LogP contribution in [-0.4, -0.2) is 9.74 Å². The van der Waals surface area contributed by atoms with Crippen molar-refractivity contribution in [1.29, 1.82) is 0 Å². The summed E-state index contributed by atoms with van der Waals surface area (Å²) < 4.78 is 0. The van der Waals surface area contributed by atoms with Gasteiger partial charge in [-0.25, -0.2) is 0 Å². The van der Waals surface area contributed by atoms with Crippen molar-refractivity contribution in [3.05, 3.63) is 112 Å². The van der Waals surface area contributed by atoms with Gasteiger partial charge >= 0.3 is 17.1 Å². The van der Waals surface area contributed by atoms with Crippen LogP contribution in [0.2, 0.25) is 0 Å². The Labute approximate surface area is 231 Å². The van der Waals surface area contributed by atoms with Crippen molar-refractivity contribution in [2.75, 3.05) is 10.6 Å². The Morgan fingerprint density at radius 3 is 1.24 bits per heavy atom. The first kappa shape index (κ1) is 29.1. The minimum atomic E-state index is -0.00676. The largest absolute Gasteiger partial charge is 2.00 e. The summed E-state index contributed by atoms with van der Waals surface area (Å²) in [5, 5.41) is 7.15. The maximum absolute atomic E-state index is 3.58. The normalized spacial score (nSPS) is 27.5. The molecule has 2 N–H and O–H groups in total. The zero-order valence-corrected chi connectivity index (χ0v) is 22.4. The Balaban J connectivity index is 0.000000214. The average Bonchev–Trinajstić information content (AvgIpc) is 3.53. The molecule has 2 aliphatic carbocycles. The Kier molecular flexibility index (Phi) is 10.7. The zero-order chi connectivity index (χ0) is 20.6. The van der Waals surface area contributed by atoms with E-state index in [1.807, 2.05) is 23.5 Å². The van der Waals surface area contributed by atoms with Crippen LogP contribution in [0.1, 0.15) is 13.8 Å². The van der Waals surface area contributed by atoms with Crippen molar-refractivity contribution in [2.24, 2.45) is 0 Å². The second-order valence-corrected chi connectivity index (χ2v) is 10.8. The number of rotatable bonds is 2. The van der Waals surface area contributed by atoms with Crippen LogP contribution in [0, 0.1) is 63.2 Å². The molecule has 2 aromatic rings. The van der Waals surface area contributed by atoms with Crippen molar-refractivity contribution in [3.8, 4) is 0 Å². The van der Waals surface area contributed by atoms with Gasteiger partial charge < -0.3 is 35.4 Å². The fourth-order valence-corrected chi connectivity index (χ4v) is 6.43. The minimum Gasteiger partial charge on any atom is -1.00 e. The molecular formula is C26H24Cl2FeN2S2. The first-order valence-electron chi connectivity index (χ1n) is 10.1. The summed E-state index contributed by atoms with van der Waals surface area (Å²) in [5.74, 6) is 2.67. The Morgan fingerprint density at radius 1 is 0.576 bits per heavy atom. The number of nitrogens with one attached hydrogen (secondary N) is 2. The second-order valence-electron chi connectivity index (χ2n) is 7.86. The van der Waals surface area contributed by atoms with E-state index in [0.717, 1.165) is 0 Å². The molecule has 0 saturated heterocycles. The van der Waals surface area contributed by atoms with E-state index in [1.165, 1.54) is 33.0 Å². The van der Waals surface area contributed by atoms with Gasteiger partial charge in [0.2, 0.25) is 0 Å². The first-order valence-corrected chi connectivity index (χ1v) is 11.8. The number of thioether (sulfide) groups is 2. The molecule has 2 aromatic carbocycles. The molecule has 33 heavy (non-hydrogen) atoms. The van der Waals surface area contributed by atoms with Crippen molar-refractivity contribution >= 4 is 34.9 Å². The monoisotopic (exact) mass is 554 g/mol. The molecule has 0 aromatic heterocycles.